The van der Waals surface area contributed by atoms with Gasteiger partial charge in [-0.3, -0.25) is 0 Å². The lowest BCUT2D eigenvalue weighted by atomic mass is 10.4. The molecule has 5 nitrogen and oxygen atoms in total. The summed E-state index contributed by atoms with van der Waals surface area (Å²) in [5.74, 6) is -1.38. The van der Waals surface area contributed by atoms with E-state index in [1.807, 2.05) is 0 Å². The van der Waals surface area contributed by atoms with Gasteiger partial charge in [0.1, 0.15) is 12.7 Å². The summed E-state index contributed by atoms with van der Waals surface area (Å²) >= 11 is 0. The fourth-order valence-electron chi connectivity index (χ4n) is 0.309. The van der Waals surface area contributed by atoms with E-state index < -0.39 is 18.5 Å². The SMILES string of the molecule is CC(C)(O)OOCC(O)CO. The molecule has 0 heterocycles. The van der Waals surface area contributed by atoms with Crippen molar-refractivity contribution in [2.75, 3.05) is 13.2 Å². The van der Waals surface area contributed by atoms with Crippen LogP contribution in [0.4, 0.5) is 0 Å². The topological polar surface area (TPSA) is 79.2 Å². The van der Waals surface area contributed by atoms with E-state index in [0.717, 1.165) is 0 Å². The monoisotopic (exact) mass is 166 g/mol. The third kappa shape index (κ3) is 7.70. The summed E-state index contributed by atoms with van der Waals surface area (Å²) in [6.07, 6.45) is -0.975. The molecule has 0 amide bonds. The maximum atomic E-state index is 8.91. The second-order valence-corrected chi connectivity index (χ2v) is 2.65. The molecule has 3 N–H and O–H groups in total. The van der Waals surface area contributed by atoms with E-state index in [0.29, 0.717) is 0 Å². The highest BCUT2D eigenvalue weighted by molar-refractivity contribution is 4.47. The highest BCUT2D eigenvalue weighted by Gasteiger charge is 2.14. The fraction of sp³-hybridized carbons (Fsp3) is 1.00. The average molecular weight is 166 g/mol. The first-order valence-electron chi connectivity index (χ1n) is 3.27. The number of aliphatic hydroxyl groups is 3. The van der Waals surface area contributed by atoms with Gasteiger partial charge in [0.2, 0.25) is 0 Å². The van der Waals surface area contributed by atoms with Crippen LogP contribution in [0.2, 0.25) is 0 Å². The highest BCUT2D eigenvalue weighted by atomic mass is 17.2. The van der Waals surface area contributed by atoms with Crippen LogP contribution in [0, 0.1) is 0 Å². The van der Waals surface area contributed by atoms with E-state index in [1.54, 1.807) is 0 Å². The van der Waals surface area contributed by atoms with Crippen LogP contribution in [0.15, 0.2) is 0 Å². The predicted octanol–water partition coefficient (Wildman–Crippen LogP) is -0.984. The Kier molecular flexibility index (Phi) is 4.55. The van der Waals surface area contributed by atoms with E-state index in [9.17, 15) is 0 Å². The van der Waals surface area contributed by atoms with E-state index in [2.05, 4.69) is 9.78 Å². The first kappa shape index (κ1) is 10.8. The maximum Gasteiger partial charge on any atom is 0.193 e. The molecule has 68 valence electrons. The summed E-state index contributed by atoms with van der Waals surface area (Å²) in [6.45, 7) is 2.21. The van der Waals surface area contributed by atoms with Crippen molar-refractivity contribution in [2.45, 2.75) is 25.7 Å². The van der Waals surface area contributed by atoms with Crippen molar-refractivity contribution < 1.29 is 25.1 Å². The fourth-order valence-corrected chi connectivity index (χ4v) is 0.309. The zero-order valence-electron chi connectivity index (χ0n) is 6.65. The van der Waals surface area contributed by atoms with Gasteiger partial charge in [-0.05, 0) is 13.8 Å². The molecular weight excluding hydrogens is 152 g/mol. The molecule has 0 rings (SSSR count). The predicted molar refractivity (Wildman–Crippen MR) is 36.4 cm³/mol. The molecule has 0 fully saturated rings. The minimum atomic E-state index is -1.38. The first-order valence-corrected chi connectivity index (χ1v) is 3.27. The molecule has 0 aliphatic carbocycles. The quantitative estimate of drug-likeness (QED) is 0.278. The number of aliphatic hydroxyl groups excluding tert-OH is 2. The summed E-state index contributed by atoms with van der Waals surface area (Å²) in [5.41, 5.74) is 0. The van der Waals surface area contributed by atoms with E-state index in [4.69, 9.17) is 15.3 Å². The second-order valence-electron chi connectivity index (χ2n) is 2.65. The Morgan fingerprint density at radius 2 is 2.00 bits per heavy atom. The molecule has 0 aliphatic rings. The number of hydrogen-bond acceptors (Lipinski definition) is 5. The lowest BCUT2D eigenvalue weighted by Gasteiger charge is -2.17. The van der Waals surface area contributed by atoms with Crippen LogP contribution in [-0.4, -0.2) is 40.4 Å². The first-order chi connectivity index (χ1) is 4.95. The van der Waals surface area contributed by atoms with Gasteiger partial charge in [0.15, 0.2) is 5.79 Å². The molecule has 1 atom stereocenters. The third-order valence-electron chi connectivity index (χ3n) is 0.734. The Morgan fingerprint density at radius 3 is 2.36 bits per heavy atom. The van der Waals surface area contributed by atoms with Gasteiger partial charge in [-0.25, -0.2) is 9.78 Å². The Morgan fingerprint density at radius 1 is 1.45 bits per heavy atom. The van der Waals surface area contributed by atoms with Crippen molar-refractivity contribution in [2.24, 2.45) is 0 Å². The van der Waals surface area contributed by atoms with Crippen LogP contribution in [0.3, 0.4) is 0 Å². The zero-order chi connectivity index (χ0) is 8.91. The van der Waals surface area contributed by atoms with Gasteiger partial charge in [0.05, 0.1) is 6.61 Å². The van der Waals surface area contributed by atoms with Crippen LogP contribution >= 0.6 is 0 Å². The minimum absolute atomic E-state index is 0.166. The summed E-state index contributed by atoms with van der Waals surface area (Å²) in [5, 5.41) is 25.9. The Hall–Kier alpha value is -0.200. The number of hydrogen-bond donors (Lipinski definition) is 3. The van der Waals surface area contributed by atoms with Gasteiger partial charge in [-0.2, -0.15) is 0 Å². The van der Waals surface area contributed by atoms with Crippen LogP contribution in [0.1, 0.15) is 13.8 Å². The summed E-state index contributed by atoms with van der Waals surface area (Å²) in [7, 11) is 0. The molecular formula is C6H14O5. The Labute approximate surface area is 65.1 Å². The largest absolute Gasteiger partial charge is 0.394 e. The van der Waals surface area contributed by atoms with Gasteiger partial charge in [0, 0.05) is 0 Å². The molecule has 0 aromatic rings. The van der Waals surface area contributed by atoms with Gasteiger partial charge in [-0.1, -0.05) is 0 Å². The van der Waals surface area contributed by atoms with Crippen molar-refractivity contribution in [3.8, 4) is 0 Å². The summed E-state index contributed by atoms with van der Waals surface area (Å²) in [6, 6.07) is 0. The maximum absolute atomic E-state index is 8.91. The van der Waals surface area contributed by atoms with E-state index in [1.165, 1.54) is 13.8 Å². The number of rotatable bonds is 5. The highest BCUT2D eigenvalue weighted by Crippen LogP contribution is 2.03. The van der Waals surface area contributed by atoms with Gasteiger partial charge in [-0.15, -0.1) is 0 Å². The van der Waals surface area contributed by atoms with Crippen molar-refractivity contribution in [3.05, 3.63) is 0 Å². The van der Waals surface area contributed by atoms with Crippen LogP contribution in [0.5, 0.6) is 0 Å². The lowest BCUT2D eigenvalue weighted by Crippen LogP contribution is -2.27. The second kappa shape index (κ2) is 4.63. The molecule has 0 saturated heterocycles. The molecule has 5 heteroatoms. The Bertz CT molecular complexity index is 97.6. The molecule has 1 unspecified atom stereocenters. The molecule has 0 spiro atoms. The van der Waals surface area contributed by atoms with Crippen molar-refractivity contribution in [1.29, 1.82) is 0 Å². The molecule has 0 bridgehead atoms. The summed E-state index contributed by atoms with van der Waals surface area (Å²) < 4.78 is 0. The van der Waals surface area contributed by atoms with Gasteiger partial charge < -0.3 is 15.3 Å². The molecule has 0 radical (unpaired) electrons. The molecule has 0 aliphatic heterocycles. The van der Waals surface area contributed by atoms with Gasteiger partial charge in [0.25, 0.3) is 0 Å². The van der Waals surface area contributed by atoms with Crippen LogP contribution < -0.4 is 0 Å². The van der Waals surface area contributed by atoms with E-state index >= 15 is 0 Å². The molecule has 0 aromatic heterocycles. The molecule has 11 heavy (non-hydrogen) atoms. The van der Waals surface area contributed by atoms with Gasteiger partial charge >= 0.3 is 0 Å². The third-order valence-corrected chi connectivity index (χ3v) is 0.734. The van der Waals surface area contributed by atoms with Crippen LogP contribution in [0.25, 0.3) is 0 Å². The van der Waals surface area contributed by atoms with Crippen LogP contribution in [-0.2, 0) is 9.78 Å². The lowest BCUT2D eigenvalue weighted by molar-refractivity contribution is -0.412. The summed E-state index contributed by atoms with van der Waals surface area (Å²) in [4.78, 5) is 8.78. The normalized spacial score (nSPS) is 15.0. The zero-order valence-corrected chi connectivity index (χ0v) is 6.65. The standard InChI is InChI=1S/C6H14O5/c1-6(2,9)11-10-4-5(8)3-7/h5,7-9H,3-4H2,1-2H3. The molecule has 0 saturated carbocycles. The van der Waals surface area contributed by atoms with Crippen molar-refractivity contribution in [3.63, 3.8) is 0 Å². The minimum Gasteiger partial charge on any atom is -0.394 e. The van der Waals surface area contributed by atoms with E-state index in [-0.39, 0.29) is 6.61 Å². The molecule has 0 aromatic carbocycles. The Balaban J connectivity index is 3.28. The smallest absolute Gasteiger partial charge is 0.193 e. The van der Waals surface area contributed by atoms with Crippen molar-refractivity contribution >= 4 is 0 Å². The average Bonchev–Trinajstić information content (AvgIpc) is 1.85. The van der Waals surface area contributed by atoms with Crippen molar-refractivity contribution in [1.82, 2.24) is 0 Å².